The molecule has 3 atom stereocenters. The van der Waals surface area contributed by atoms with Crippen molar-refractivity contribution in [3.05, 3.63) is 41.0 Å². The third-order valence-corrected chi connectivity index (χ3v) is 6.60. The Bertz CT molecular complexity index is 729. The van der Waals surface area contributed by atoms with Crippen molar-refractivity contribution in [3.8, 4) is 5.75 Å². The van der Waals surface area contributed by atoms with Crippen molar-refractivity contribution in [2.45, 2.75) is 71.5 Å². The molecule has 1 aromatic rings. The van der Waals surface area contributed by atoms with Crippen molar-refractivity contribution < 1.29 is 19.7 Å². The second-order valence-corrected chi connectivity index (χ2v) is 8.77. The van der Waals surface area contributed by atoms with Gasteiger partial charge in [0, 0.05) is 0 Å². The molecule has 0 amide bonds. The van der Waals surface area contributed by atoms with Gasteiger partial charge in [-0.15, -0.1) is 0 Å². The molecule has 3 rings (SSSR count). The Balaban J connectivity index is 1.63. The molecular weight excluding hydrogens is 328 g/mol. The zero-order valence-electron chi connectivity index (χ0n) is 16.2. The largest absolute Gasteiger partial charge is 0.508 e. The Morgan fingerprint density at radius 3 is 2.69 bits per heavy atom. The van der Waals surface area contributed by atoms with Crippen molar-refractivity contribution in [1.82, 2.24) is 0 Å². The number of allylic oxidation sites excluding steroid dienone is 2. The van der Waals surface area contributed by atoms with E-state index in [0.29, 0.717) is 24.0 Å². The molecule has 0 radical (unpaired) electrons. The number of phenols is 1. The average Bonchev–Trinajstić information content (AvgIpc) is 3.04. The van der Waals surface area contributed by atoms with Crippen LogP contribution in [0, 0.1) is 11.3 Å². The fourth-order valence-corrected chi connectivity index (χ4v) is 4.97. The van der Waals surface area contributed by atoms with Crippen LogP contribution in [0.1, 0.15) is 69.3 Å². The van der Waals surface area contributed by atoms with E-state index in [1.165, 1.54) is 24.1 Å². The Hall–Kier alpha value is -1.81. The van der Waals surface area contributed by atoms with E-state index >= 15 is 0 Å². The van der Waals surface area contributed by atoms with E-state index in [2.05, 4.69) is 33.8 Å². The quantitative estimate of drug-likeness (QED) is 0.706. The summed E-state index contributed by atoms with van der Waals surface area (Å²) in [4.78, 5) is 11.1. The first-order valence-electron chi connectivity index (χ1n) is 9.52. The highest BCUT2D eigenvalue weighted by molar-refractivity contribution is 5.88. The fourth-order valence-electron chi connectivity index (χ4n) is 4.97. The summed E-state index contributed by atoms with van der Waals surface area (Å²) < 4.78 is 6.29. The van der Waals surface area contributed by atoms with Crippen LogP contribution in [0.5, 0.6) is 5.75 Å². The lowest BCUT2D eigenvalue weighted by Crippen LogP contribution is -2.40. The molecule has 4 heteroatoms. The molecule has 4 nitrogen and oxygen atoms in total. The molecule has 1 aromatic carbocycles. The number of benzene rings is 1. The van der Waals surface area contributed by atoms with Crippen LogP contribution in [0.2, 0.25) is 0 Å². The van der Waals surface area contributed by atoms with E-state index in [4.69, 9.17) is 9.84 Å². The third-order valence-electron chi connectivity index (χ3n) is 6.60. The summed E-state index contributed by atoms with van der Waals surface area (Å²) in [5, 5.41) is 19.1. The number of hydrogen-bond acceptors (Lipinski definition) is 3. The summed E-state index contributed by atoms with van der Waals surface area (Å²) in [6.07, 6.45) is 7.46. The molecular formula is C22H30O4. The number of rotatable bonds is 6. The Kier molecular flexibility index (Phi) is 4.91. The van der Waals surface area contributed by atoms with Crippen molar-refractivity contribution >= 4 is 5.97 Å². The summed E-state index contributed by atoms with van der Waals surface area (Å²) in [6.45, 7) is 9.05. The number of carbonyl (C=O) groups is 1. The van der Waals surface area contributed by atoms with Gasteiger partial charge in [0.25, 0.3) is 0 Å². The summed E-state index contributed by atoms with van der Waals surface area (Å²) in [6, 6.07) is 4.43. The van der Waals surface area contributed by atoms with E-state index in [-0.39, 0.29) is 22.3 Å². The first-order valence-corrected chi connectivity index (χ1v) is 9.52. The van der Waals surface area contributed by atoms with E-state index < -0.39 is 5.97 Å². The lowest BCUT2D eigenvalue weighted by molar-refractivity contribution is 0.00469. The molecule has 2 N–H and O–H groups in total. The molecule has 0 unspecified atom stereocenters. The molecule has 0 spiro atoms. The summed E-state index contributed by atoms with van der Waals surface area (Å²) in [7, 11) is 0. The van der Waals surface area contributed by atoms with Gasteiger partial charge in [-0.25, -0.2) is 4.79 Å². The zero-order valence-corrected chi connectivity index (χ0v) is 16.2. The van der Waals surface area contributed by atoms with E-state index in [1.807, 2.05) is 0 Å². The molecule has 2 aliphatic rings. The summed E-state index contributed by atoms with van der Waals surface area (Å²) in [5.74, 6) is -0.270. The molecule has 26 heavy (non-hydrogen) atoms. The van der Waals surface area contributed by atoms with Gasteiger partial charge in [0.2, 0.25) is 0 Å². The average molecular weight is 358 g/mol. The SMILES string of the molecule is C/C(=C\Cc1cc(C(=O)O)ccc1O)CC[C@@H]1C(C)(C)[C@H]2CC[C@]1(C)O2. The minimum absolute atomic E-state index is 0.0164. The molecule has 2 aliphatic heterocycles. The number of phenolic OH excluding ortho intramolecular Hbond substituents is 1. The van der Waals surface area contributed by atoms with Crippen LogP contribution in [0.25, 0.3) is 0 Å². The van der Waals surface area contributed by atoms with E-state index in [9.17, 15) is 9.90 Å². The van der Waals surface area contributed by atoms with Crippen LogP contribution < -0.4 is 0 Å². The van der Waals surface area contributed by atoms with Crippen LogP contribution in [0.3, 0.4) is 0 Å². The topological polar surface area (TPSA) is 66.8 Å². The normalized spacial score (nSPS) is 29.9. The molecule has 0 saturated carbocycles. The molecule has 0 aliphatic carbocycles. The number of ether oxygens (including phenoxy) is 1. The number of carboxylic acids is 1. The van der Waals surface area contributed by atoms with Crippen LogP contribution in [0.15, 0.2) is 29.8 Å². The van der Waals surface area contributed by atoms with Crippen LogP contribution in [0.4, 0.5) is 0 Å². The Morgan fingerprint density at radius 2 is 2.08 bits per heavy atom. The van der Waals surface area contributed by atoms with Crippen LogP contribution in [-0.2, 0) is 11.2 Å². The molecule has 0 aromatic heterocycles. The van der Waals surface area contributed by atoms with Gasteiger partial charge in [-0.05, 0) is 81.0 Å². The number of aromatic hydroxyl groups is 1. The van der Waals surface area contributed by atoms with E-state index in [0.717, 1.165) is 19.3 Å². The highest BCUT2D eigenvalue weighted by Crippen LogP contribution is 2.59. The lowest BCUT2D eigenvalue weighted by atomic mass is 9.62. The smallest absolute Gasteiger partial charge is 0.335 e. The van der Waals surface area contributed by atoms with E-state index in [1.54, 1.807) is 6.07 Å². The second kappa shape index (κ2) is 6.73. The molecule has 2 saturated heterocycles. The lowest BCUT2D eigenvalue weighted by Gasteiger charge is -2.39. The van der Waals surface area contributed by atoms with Gasteiger partial charge in [0.1, 0.15) is 5.75 Å². The Morgan fingerprint density at radius 1 is 1.35 bits per heavy atom. The van der Waals surface area contributed by atoms with Crippen molar-refractivity contribution in [1.29, 1.82) is 0 Å². The predicted octanol–water partition coefficient (Wildman–Crippen LogP) is 4.95. The third kappa shape index (κ3) is 3.39. The molecule has 2 heterocycles. The maximum atomic E-state index is 11.1. The predicted molar refractivity (Wildman–Crippen MR) is 102 cm³/mol. The van der Waals surface area contributed by atoms with Crippen molar-refractivity contribution in [2.75, 3.05) is 0 Å². The van der Waals surface area contributed by atoms with Gasteiger partial charge >= 0.3 is 5.97 Å². The van der Waals surface area contributed by atoms with Gasteiger partial charge in [0.05, 0.1) is 17.3 Å². The fraction of sp³-hybridized carbons (Fsp3) is 0.591. The molecule has 2 bridgehead atoms. The number of fused-ring (bicyclic) bond motifs is 2. The first-order chi connectivity index (χ1) is 12.1. The van der Waals surface area contributed by atoms with Gasteiger partial charge in [-0.3, -0.25) is 0 Å². The number of hydrogen-bond donors (Lipinski definition) is 2. The summed E-state index contributed by atoms with van der Waals surface area (Å²) in [5.41, 5.74) is 2.37. The van der Waals surface area contributed by atoms with Gasteiger partial charge in [-0.1, -0.05) is 25.5 Å². The van der Waals surface area contributed by atoms with Gasteiger partial charge in [-0.2, -0.15) is 0 Å². The van der Waals surface area contributed by atoms with Crippen LogP contribution >= 0.6 is 0 Å². The number of carboxylic acid groups (broad SMARTS) is 1. The Labute approximate surface area is 155 Å². The zero-order chi connectivity index (χ0) is 19.1. The van der Waals surface area contributed by atoms with Crippen molar-refractivity contribution in [2.24, 2.45) is 11.3 Å². The second-order valence-electron chi connectivity index (χ2n) is 8.77. The number of aromatic carboxylic acids is 1. The molecule has 2 fully saturated rings. The highest BCUT2D eigenvalue weighted by Gasteiger charge is 2.60. The van der Waals surface area contributed by atoms with Gasteiger partial charge in [0.15, 0.2) is 0 Å². The van der Waals surface area contributed by atoms with Crippen LogP contribution in [-0.4, -0.2) is 27.9 Å². The highest BCUT2D eigenvalue weighted by atomic mass is 16.5. The minimum Gasteiger partial charge on any atom is -0.508 e. The van der Waals surface area contributed by atoms with Gasteiger partial charge < -0.3 is 14.9 Å². The maximum absolute atomic E-state index is 11.1. The standard InChI is InChI=1S/C22H30O4/c1-14(5-7-15-13-16(20(24)25)8-9-17(15)23)6-10-18-21(2,3)19-11-12-22(18,4)26-19/h5,8-9,13,18-19,23H,6-7,10-12H2,1-4H3,(H,24,25)/b14-5+/t18-,19-,22+/m1/s1. The first kappa shape index (κ1) is 19.0. The molecule has 142 valence electrons. The minimum atomic E-state index is -0.973. The maximum Gasteiger partial charge on any atom is 0.335 e. The summed E-state index contributed by atoms with van der Waals surface area (Å²) >= 11 is 0. The van der Waals surface area contributed by atoms with Crippen molar-refractivity contribution in [3.63, 3.8) is 0 Å². The monoisotopic (exact) mass is 358 g/mol.